The Bertz CT molecular complexity index is 449. The zero-order valence-electron chi connectivity index (χ0n) is 8.97. The van der Waals surface area contributed by atoms with Crippen LogP contribution in [0.3, 0.4) is 0 Å². The van der Waals surface area contributed by atoms with E-state index in [0.717, 1.165) is 6.07 Å². The first kappa shape index (κ1) is 12.8. The van der Waals surface area contributed by atoms with Gasteiger partial charge >= 0.3 is 5.97 Å². The molecule has 0 saturated carbocycles. The molecular weight excluding hydrogens is 230 g/mol. The molecule has 1 rings (SSSR count). The highest BCUT2D eigenvalue weighted by Gasteiger charge is 2.18. The lowest BCUT2D eigenvalue weighted by molar-refractivity contribution is -0.148. The third kappa shape index (κ3) is 3.68. The summed E-state index contributed by atoms with van der Waals surface area (Å²) < 4.78 is 4.62. The molecule has 0 aliphatic rings. The number of carbonyl (C=O) groups excluding carboxylic acids is 1. The van der Waals surface area contributed by atoms with Gasteiger partial charge in [-0.05, 0) is 6.07 Å². The molecule has 0 bridgehead atoms. The Hall–Kier alpha value is -2.22. The van der Waals surface area contributed by atoms with Gasteiger partial charge in [-0.1, -0.05) is 0 Å². The molecule has 0 fully saturated rings. The van der Waals surface area contributed by atoms with Crippen LogP contribution in [-0.4, -0.2) is 46.9 Å². The summed E-state index contributed by atoms with van der Waals surface area (Å²) in [6, 6.07) is 2.38. The van der Waals surface area contributed by atoms with Crippen LogP contribution in [0.5, 0.6) is 0 Å². The highest BCUT2D eigenvalue weighted by molar-refractivity contribution is 5.92. The van der Waals surface area contributed by atoms with Gasteiger partial charge in [0.05, 0.1) is 6.54 Å². The van der Waals surface area contributed by atoms with E-state index in [9.17, 15) is 14.4 Å². The highest BCUT2D eigenvalue weighted by Crippen LogP contribution is 1.91. The van der Waals surface area contributed by atoms with Crippen molar-refractivity contribution in [2.45, 2.75) is 6.10 Å². The number of aromatic nitrogens is 2. The van der Waals surface area contributed by atoms with Gasteiger partial charge in [0.1, 0.15) is 5.69 Å². The number of ether oxygens (including phenoxy) is 1. The summed E-state index contributed by atoms with van der Waals surface area (Å²) >= 11 is 0. The van der Waals surface area contributed by atoms with Crippen LogP contribution < -0.4 is 10.9 Å². The number of hydrogen-bond donors (Lipinski definition) is 3. The first-order valence-electron chi connectivity index (χ1n) is 4.64. The number of rotatable bonds is 5. The average Bonchev–Trinajstić information content (AvgIpc) is 2.30. The molecule has 17 heavy (non-hydrogen) atoms. The number of nitrogens with zero attached hydrogens (tertiary/aromatic N) is 1. The zero-order valence-corrected chi connectivity index (χ0v) is 8.97. The van der Waals surface area contributed by atoms with E-state index in [-0.39, 0.29) is 12.2 Å². The number of H-pyrrole nitrogens is 1. The van der Waals surface area contributed by atoms with E-state index in [1.165, 1.54) is 13.2 Å². The molecule has 1 atom stereocenters. The van der Waals surface area contributed by atoms with Crippen molar-refractivity contribution in [2.75, 3.05) is 13.7 Å². The fraction of sp³-hybridized carbons (Fsp3) is 0.333. The quantitative estimate of drug-likeness (QED) is 0.582. The minimum Gasteiger partial charge on any atom is -0.479 e. The van der Waals surface area contributed by atoms with Crippen LogP contribution in [-0.2, 0) is 9.53 Å². The summed E-state index contributed by atoms with van der Waals surface area (Å²) in [7, 11) is 1.23. The second-order valence-electron chi connectivity index (χ2n) is 3.08. The van der Waals surface area contributed by atoms with Crippen molar-refractivity contribution in [3.8, 4) is 0 Å². The molecule has 1 aromatic heterocycles. The predicted molar refractivity (Wildman–Crippen MR) is 55.6 cm³/mol. The Morgan fingerprint density at radius 2 is 2.29 bits per heavy atom. The van der Waals surface area contributed by atoms with Crippen molar-refractivity contribution >= 4 is 11.9 Å². The standard InChI is InChI=1S/C9H11N3O5/c1-17-6(9(15)16)4-10-8(14)5-2-3-7(13)12-11-5/h2-3,6H,4H2,1H3,(H,10,14)(H,12,13)(H,15,16). The van der Waals surface area contributed by atoms with Crippen LogP contribution in [0, 0.1) is 0 Å². The highest BCUT2D eigenvalue weighted by atomic mass is 16.5. The van der Waals surface area contributed by atoms with E-state index in [2.05, 4.69) is 20.3 Å². The van der Waals surface area contributed by atoms with Gasteiger partial charge in [0.2, 0.25) is 0 Å². The molecule has 1 amide bonds. The van der Waals surface area contributed by atoms with Crippen LogP contribution in [0.1, 0.15) is 10.5 Å². The number of carbonyl (C=O) groups is 2. The van der Waals surface area contributed by atoms with Crippen molar-refractivity contribution < 1.29 is 19.4 Å². The molecule has 0 aliphatic carbocycles. The first-order valence-corrected chi connectivity index (χ1v) is 4.64. The Labute approximate surface area is 95.6 Å². The second-order valence-corrected chi connectivity index (χ2v) is 3.08. The SMILES string of the molecule is COC(CNC(=O)c1ccc(=O)[nH]n1)C(=O)O. The molecule has 0 spiro atoms. The van der Waals surface area contributed by atoms with E-state index in [4.69, 9.17) is 5.11 Å². The maximum absolute atomic E-state index is 11.5. The normalized spacial score (nSPS) is 11.8. The maximum atomic E-state index is 11.5. The molecular formula is C9H11N3O5. The molecule has 8 nitrogen and oxygen atoms in total. The Morgan fingerprint density at radius 3 is 2.76 bits per heavy atom. The van der Waals surface area contributed by atoms with Gasteiger partial charge in [0, 0.05) is 13.2 Å². The van der Waals surface area contributed by atoms with Crippen LogP contribution in [0.15, 0.2) is 16.9 Å². The van der Waals surface area contributed by atoms with Crippen molar-refractivity contribution in [3.63, 3.8) is 0 Å². The van der Waals surface area contributed by atoms with E-state index in [1.807, 2.05) is 0 Å². The minimum atomic E-state index is -1.18. The molecule has 1 unspecified atom stereocenters. The number of hydrogen-bond acceptors (Lipinski definition) is 5. The third-order valence-electron chi connectivity index (χ3n) is 1.92. The molecule has 1 aromatic rings. The van der Waals surface area contributed by atoms with Gasteiger partial charge < -0.3 is 15.2 Å². The lowest BCUT2D eigenvalue weighted by Crippen LogP contribution is -2.38. The van der Waals surface area contributed by atoms with Crippen LogP contribution >= 0.6 is 0 Å². The molecule has 8 heteroatoms. The number of carboxylic acids is 1. The summed E-state index contributed by atoms with van der Waals surface area (Å²) in [6.07, 6.45) is -1.12. The van der Waals surface area contributed by atoms with Gasteiger partial charge in [-0.25, -0.2) is 9.89 Å². The number of aliphatic carboxylic acids is 1. The van der Waals surface area contributed by atoms with E-state index in [1.54, 1.807) is 0 Å². The summed E-state index contributed by atoms with van der Waals surface area (Å²) in [5.74, 6) is -1.77. The van der Waals surface area contributed by atoms with Gasteiger partial charge in [0.25, 0.3) is 11.5 Å². The molecule has 3 N–H and O–H groups in total. The van der Waals surface area contributed by atoms with Gasteiger partial charge in [0.15, 0.2) is 6.10 Å². The smallest absolute Gasteiger partial charge is 0.334 e. The monoisotopic (exact) mass is 241 g/mol. The Balaban J connectivity index is 2.58. The fourth-order valence-corrected chi connectivity index (χ4v) is 1.02. The second kappa shape index (κ2) is 5.75. The Kier molecular flexibility index (Phi) is 4.35. The van der Waals surface area contributed by atoms with E-state index < -0.39 is 23.5 Å². The zero-order chi connectivity index (χ0) is 12.8. The molecule has 0 aromatic carbocycles. The van der Waals surface area contributed by atoms with Crippen LogP contribution in [0.4, 0.5) is 0 Å². The lowest BCUT2D eigenvalue weighted by atomic mass is 10.3. The van der Waals surface area contributed by atoms with Crippen LogP contribution in [0.2, 0.25) is 0 Å². The van der Waals surface area contributed by atoms with Gasteiger partial charge in [-0.2, -0.15) is 5.10 Å². The van der Waals surface area contributed by atoms with E-state index >= 15 is 0 Å². The summed E-state index contributed by atoms with van der Waals surface area (Å²) in [5.41, 5.74) is -0.438. The molecule has 0 aliphatic heterocycles. The number of nitrogens with one attached hydrogen (secondary N) is 2. The Morgan fingerprint density at radius 1 is 1.59 bits per heavy atom. The molecule has 92 valence electrons. The van der Waals surface area contributed by atoms with Gasteiger partial charge in [-0.15, -0.1) is 0 Å². The summed E-state index contributed by atoms with van der Waals surface area (Å²) in [4.78, 5) is 32.7. The van der Waals surface area contributed by atoms with Crippen molar-refractivity contribution in [2.24, 2.45) is 0 Å². The predicted octanol–water partition coefficient (Wildman–Crippen LogP) is -1.40. The number of carboxylic acid groups (broad SMARTS) is 1. The largest absolute Gasteiger partial charge is 0.479 e. The fourth-order valence-electron chi connectivity index (χ4n) is 1.02. The summed E-state index contributed by atoms with van der Waals surface area (Å²) in [5, 5.41) is 16.6. The number of aromatic amines is 1. The molecule has 0 saturated heterocycles. The molecule has 1 heterocycles. The lowest BCUT2D eigenvalue weighted by Gasteiger charge is -2.10. The number of amides is 1. The van der Waals surface area contributed by atoms with Crippen molar-refractivity contribution in [1.82, 2.24) is 15.5 Å². The van der Waals surface area contributed by atoms with Crippen molar-refractivity contribution in [1.29, 1.82) is 0 Å². The van der Waals surface area contributed by atoms with E-state index in [0.29, 0.717) is 0 Å². The minimum absolute atomic E-state index is 0.00941. The number of methoxy groups -OCH3 is 1. The third-order valence-corrected chi connectivity index (χ3v) is 1.92. The molecule has 0 radical (unpaired) electrons. The summed E-state index contributed by atoms with van der Waals surface area (Å²) in [6.45, 7) is -0.189. The van der Waals surface area contributed by atoms with Crippen LogP contribution in [0.25, 0.3) is 0 Å². The maximum Gasteiger partial charge on any atom is 0.334 e. The first-order chi connectivity index (χ1) is 8.04. The topological polar surface area (TPSA) is 121 Å². The van der Waals surface area contributed by atoms with Crippen molar-refractivity contribution in [3.05, 3.63) is 28.2 Å². The average molecular weight is 241 g/mol. The van der Waals surface area contributed by atoms with Gasteiger partial charge in [-0.3, -0.25) is 9.59 Å².